The number of fused-ring (bicyclic) bond motifs is 2. The van der Waals surface area contributed by atoms with E-state index in [0.717, 1.165) is 16.5 Å². The van der Waals surface area contributed by atoms with E-state index in [1.807, 2.05) is 48.5 Å². The van der Waals surface area contributed by atoms with E-state index in [4.69, 9.17) is 14.2 Å². The third-order valence-corrected chi connectivity index (χ3v) is 6.53. The zero-order valence-electron chi connectivity index (χ0n) is 19.8. The van der Waals surface area contributed by atoms with Gasteiger partial charge in [0.05, 0.1) is 27.4 Å². The van der Waals surface area contributed by atoms with Gasteiger partial charge in [-0.2, -0.15) is 0 Å². The first-order valence-electron chi connectivity index (χ1n) is 11.4. The van der Waals surface area contributed by atoms with Crippen molar-refractivity contribution in [2.24, 2.45) is 0 Å². The summed E-state index contributed by atoms with van der Waals surface area (Å²) >= 11 is 0. The predicted molar refractivity (Wildman–Crippen MR) is 134 cm³/mol. The van der Waals surface area contributed by atoms with Gasteiger partial charge in [0.1, 0.15) is 5.75 Å². The monoisotopic (exact) mass is 470 g/mol. The van der Waals surface area contributed by atoms with Crippen LogP contribution in [-0.2, 0) is 6.42 Å². The molecule has 178 valence electrons. The lowest BCUT2D eigenvalue weighted by atomic mass is 9.87. The molecule has 1 unspecified atom stereocenters. The molecule has 0 spiro atoms. The van der Waals surface area contributed by atoms with Crippen LogP contribution < -0.4 is 19.8 Å². The smallest absolute Gasteiger partial charge is 0.254 e. The van der Waals surface area contributed by atoms with Gasteiger partial charge in [-0.05, 0) is 66.1 Å². The van der Waals surface area contributed by atoms with Gasteiger partial charge in [0, 0.05) is 28.6 Å². The molecule has 2 heterocycles. The summed E-state index contributed by atoms with van der Waals surface area (Å²) in [7, 11) is 4.77. The highest BCUT2D eigenvalue weighted by Gasteiger charge is 2.35. The molecule has 0 aliphatic carbocycles. The number of nitrogens with zero attached hydrogens (tertiary/aromatic N) is 1. The van der Waals surface area contributed by atoms with Gasteiger partial charge in [-0.25, -0.2) is 0 Å². The van der Waals surface area contributed by atoms with Crippen molar-refractivity contribution in [1.29, 1.82) is 0 Å². The molecule has 35 heavy (non-hydrogen) atoms. The van der Waals surface area contributed by atoms with Crippen LogP contribution in [0.4, 0.5) is 0 Å². The first kappa shape index (κ1) is 22.5. The van der Waals surface area contributed by atoms with Crippen LogP contribution in [0.15, 0.2) is 71.5 Å². The van der Waals surface area contributed by atoms with Gasteiger partial charge >= 0.3 is 0 Å². The second kappa shape index (κ2) is 9.18. The number of methoxy groups -OCH3 is 3. The lowest BCUT2D eigenvalue weighted by molar-refractivity contribution is 0.0693. The number of hydrogen-bond acceptors (Lipinski definition) is 5. The van der Waals surface area contributed by atoms with Crippen LogP contribution in [-0.4, -0.2) is 43.7 Å². The number of ether oxygens (including phenoxy) is 3. The molecule has 7 heteroatoms. The first-order valence-corrected chi connectivity index (χ1v) is 11.4. The molecule has 1 aliphatic rings. The van der Waals surface area contributed by atoms with Crippen LogP contribution in [0.1, 0.15) is 33.1 Å². The van der Waals surface area contributed by atoms with Gasteiger partial charge in [0.25, 0.3) is 11.5 Å². The predicted octanol–water partition coefficient (Wildman–Crippen LogP) is 4.34. The van der Waals surface area contributed by atoms with Crippen LogP contribution in [0.5, 0.6) is 17.2 Å². The second-order valence-corrected chi connectivity index (χ2v) is 8.43. The molecule has 0 radical (unpaired) electrons. The number of benzene rings is 3. The van der Waals surface area contributed by atoms with Gasteiger partial charge in [-0.3, -0.25) is 9.59 Å². The molecule has 1 aliphatic heterocycles. The van der Waals surface area contributed by atoms with Crippen molar-refractivity contribution in [3.8, 4) is 17.2 Å². The van der Waals surface area contributed by atoms with E-state index >= 15 is 0 Å². The van der Waals surface area contributed by atoms with E-state index in [-0.39, 0.29) is 11.5 Å². The molecule has 3 aromatic carbocycles. The molecule has 1 N–H and O–H groups in total. The Hall–Kier alpha value is -4.26. The van der Waals surface area contributed by atoms with Gasteiger partial charge in [0.15, 0.2) is 11.5 Å². The number of carbonyl (C=O) groups excluding carboxylic acids is 1. The number of H-pyrrole nitrogens is 1. The summed E-state index contributed by atoms with van der Waals surface area (Å²) in [5.41, 5.74) is 3.34. The van der Waals surface area contributed by atoms with E-state index in [0.29, 0.717) is 46.9 Å². The lowest BCUT2D eigenvalue weighted by Gasteiger charge is -2.38. The van der Waals surface area contributed by atoms with Crippen LogP contribution in [0.25, 0.3) is 10.9 Å². The fraction of sp³-hybridized carbons (Fsp3) is 0.214. The van der Waals surface area contributed by atoms with Gasteiger partial charge in [-0.1, -0.05) is 18.2 Å². The second-order valence-electron chi connectivity index (χ2n) is 8.43. The SMILES string of the molecule is COc1ccc2[nH]c(=O)c(C3c4cc(OC)c(OC)cc4CCN3C(=O)c3ccccc3)cc2c1. The molecule has 4 aromatic rings. The Bertz CT molecular complexity index is 1460. The average molecular weight is 471 g/mol. The summed E-state index contributed by atoms with van der Waals surface area (Å²) in [6.45, 7) is 0.455. The summed E-state index contributed by atoms with van der Waals surface area (Å²) in [4.78, 5) is 31.8. The van der Waals surface area contributed by atoms with Crippen molar-refractivity contribution in [2.75, 3.05) is 27.9 Å². The molecule has 1 aromatic heterocycles. The molecule has 1 amide bonds. The fourth-order valence-corrected chi connectivity index (χ4v) is 4.78. The Morgan fingerprint density at radius 3 is 2.34 bits per heavy atom. The molecule has 0 bridgehead atoms. The largest absolute Gasteiger partial charge is 0.497 e. The quantitative estimate of drug-likeness (QED) is 0.469. The highest BCUT2D eigenvalue weighted by Crippen LogP contribution is 2.41. The average Bonchev–Trinajstić information content (AvgIpc) is 2.91. The Morgan fingerprint density at radius 2 is 1.63 bits per heavy atom. The van der Waals surface area contributed by atoms with Crippen molar-refractivity contribution in [3.63, 3.8) is 0 Å². The molecule has 7 nitrogen and oxygen atoms in total. The number of hydrogen-bond donors (Lipinski definition) is 1. The van der Waals surface area contributed by atoms with Crippen LogP contribution in [0.2, 0.25) is 0 Å². The lowest BCUT2D eigenvalue weighted by Crippen LogP contribution is -2.42. The summed E-state index contributed by atoms with van der Waals surface area (Å²) in [6.07, 6.45) is 0.629. The highest BCUT2D eigenvalue weighted by molar-refractivity contribution is 5.95. The van der Waals surface area contributed by atoms with Gasteiger partial charge in [-0.15, -0.1) is 0 Å². The summed E-state index contributed by atoms with van der Waals surface area (Å²) < 4.78 is 16.5. The fourth-order valence-electron chi connectivity index (χ4n) is 4.78. The molecular formula is C28H26N2O5. The topological polar surface area (TPSA) is 80.9 Å². The van der Waals surface area contributed by atoms with Gasteiger partial charge < -0.3 is 24.1 Å². The first-order chi connectivity index (χ1) is 17.0. The Morgan fingerprint density at radius 1 is 0.886 bits per heavy atom. The number of carbonyl (C=O) groups is 1. The number of rotatable bonds is 5. The molecule has 1 atom stereocenters. The van der Waals surface area contributed by atoms with Crippen molar-refractivity contribution >= 4 is 16.8 Å². The maximum atomic E-state index is 13.7. The minimum Gasteiger partial charge on any atom is -0.497 e. The van der Waals surface area contributed by atoms with Crippen LogP contribution in [0.3, 0.4) is 0 Å². The maximum absolute atomic E-state index is 13.7. The van der Waals surface area contributed by atoms with Crippen molar-refractivity contribution < 1.29 is 19.0 Å². The number of aromatic nitrogens is 1. The van der Waals surface area contributed by atoms with Crippen molar-refractivity contribution in [3.05, 3.63) is 99.3 Å². The minimum atomic E-state index is -0.606. The minimum absolute atomic E-state index is 0.138. The van der Waals surface area contributed by atoms with E-state index in [9.17, 15) is 9.59 Å². The Labute approximate surface area is 202 Å². The summed E-state index contributed by atoms with van der Waals surface area (Å²) in [5, 5.41) is 0.818. The molecule has 0 saturated heterocycles. The number of pyridine rings is 1. The third kappa shape index (κ3) is 3.99. The van der Waals surface area contributed by atoms with Crippen molar-refractivity contribution in [2.45, 2.75) is 12.5 Å². The number of aromatic amines is 1. The molecular weight excluding hydrogens is 444 g/mol. The van der Waals surface area contributed by atoms with Crippen LogP contribution >= 0.6 is 0 Å². The zero-order chi connectivity index (χ0) is 24.5. The third-order valence-electron chi connectivity index (χ3n) is 6.53. The standard InChI is InChI=1S/C28H26N2O5/c1-33-20-9-10-23-19(13-20)14-22(27(31)29-23)26-21-16-25(35-3)24(34-2)15-18(21)11-12-30(26)28(32)17-7-5-4-6-8-17/h4-10,13-16,26H,11-12H2,1-3H3,(H,29,31). The van der Waals surface area contributed by atoms with Gasteiger partial charge in [0.2, 0.25) is 0 Å². The normalized spacial score (nSPS) is 14.9. The molecule has 0 saturated carbocycles. The van der Waals surface area contributed by atoms with E-state index in [1.165, 1.54) is 0 Å². The number of amides is 1. The van der Waals surface area contributed by atoms with E-state index < -0.39 is 6.04 Å². The summed E-state index contributed by atoms with van der Waals surface area (Å²) in [5.74, 6) is 1.71. The molecule has 5 rings (SSSR count). The number of nitrogens with one attached hydrogen (secondary N) is 1. The van der Waals surface area contributed by atoms with Crippen molar-refractivity contribution in [1.82, 2.24) is 9.88 Å². The van der Waals surface area contributed by atoms with E-state index in [2.05, 4.69) is 4.98 Å². The van der Waals surface area contributed by atoms with Crippen LogP contribution in [0, 0.1) is 0 Å². The zero-order valence-corrected chi connectivity index (χ0v) is 19.8. The highest BCUT2D eigenvalue weighted by atomic mass is 16.5. The maximum Gasteiger partial charge on any atom is 0.254 e. The molecule has 0 fully saturated rings. The Balaban J connectivity index is 1.74. The summed E-state index contributed by atoms with van der Waals surface area (Å²) in [6, 6.07) is 19.7. The van der Waals surface area contributed by atoms with E-state index in [1.54, 1.807) is 44.4 Å². The Kier molecular flexibility index (Phi) is 5.91.